The van der Waals surface area contributed by atoms with Crippen LogP contribution in [-0.2, 0) is 17.8 Å². The molecule has 0 spiro atoms. The molecule has 2 heterocycles. The van der Waals surface area contributed by atoms with Crippen LogP contribution in [0.15, 0.2) is 22.6 Å². The summed E-state index contributed by atoms with van der Waals surface area (Å²) in [5.74, 6) is 2.13. The molecule has 0 aromatic carbocycles. The summed E-state index contributed by atoms with van der Waals surface area (Å²) in [4.78, 5) is 11.7. The van der Waals surface area contributed by atoms with E-state index in [1.807, 2.05) is 26.0 Å². The van der Waals surface area contributed by atoms with Gasteiger partial charge in [-0.3, -0.25) is 4.79 Å². The minimum atomic E-state index is -0.113. The average molecular weight is 262 g/mol. The first-order chi connectivity index (χ1) is 9.04. The summed E-state index contributed by atoms with van der Waals surface area (Å²) in [6, 6.07) is 5.56. The van der Waals surface area contributed by atoms with Gasteiger partial charge in [-0.2, -0.15) is 5.10 Å². The van der Waals surface area contributed by atoms with Crippen LogP contribution in [0, 0.1) is 13.8 Å². The van der Waals surface area contributed by atoms with Crippen molar-refractivity contribution in [3.63, 3.8) is 0 Å². The number of amides is 1. The topological polar surface area (TPSA) is 86.1 Å². The fourth-order valence-corrected chi connectivity index (χ4v) is 1.83. The summed E-state index contributed by atoms with van der Waals surface area (Å²) >= 11 is 0. The lowest BCUT2D eigenvalue weighted by Gasteiger charge is -2.05. The largest absolute Gasteiger partial charge is 0.466 e. The van der Waals surface area contributed by atoms with Crippen molar-refractivity contribution in [3.8, 4) is 0 Å². The number of hydrogen-bond acceptors (Lipinski definition) is 4. The SMILES string of the molecule is Cc1cc(N)n(CC(=O)NCCc2ccc(C)o2)n1. The molecule has 0 radical (unpaired) electrons. The van der Waals surface area contributed by atoms with Crippen LogP contribution in [0.4, 0.5) is 5.82 Å². The van der Waals surface area contributed by atoms with E-state index >= 15 is 0 Å². The molecule has 19 heavy (non-hydrogen) atoms. The molecule has 6 nitrogen and oxygen atoms in total. The van der Waals surface area contributed by atoms with E-state index in [2.05, 4.69) is 10.4 Å². The Hall–Kier alpha value is -2.24. The van der Waals surface area contributed by atoms with Crippen LogP contribution in [0.1, 0.15) is 17.2 Å². The van der Waals surface area contributed by atoms with Crippen molar-refractivity contribution in [2.45, 2.75) is 26.8 Å². The summed E-state index contributed by atoms with van der Waals surface area (Å²) in [6.07, 6.45) is 0.674. The number of aromatic nitrogens is 2. The van der Waals surface area contributed by atoms with Crippen molar-refractivity contribution in [2.75, 3.05) is 12.3 Å². The zero-order valence-electron chi connectivity index (χ0n) is 11.1. The number of carbonyl (C=O) groups is 1. The number of nitrogen functional groups attached to an aromatic ring is 1. The van der Waals surface area contributed by atoms with Gasteiger partial charge in [0.05, 0.1) is 5.69 Å². The van der Waals surface area contributed by atoms with Crippen molar-refractivity contribution in [1.29, 1.82) is 0 Å². The molecule has 102 valence electrons. The first-order valence-corrected chi connectivity index (χ1v) is 6.16. The maximum absolute atomic E-state index is 11.7. The third-order valence-electron chi connectivity index (χ3n) is 2.72. The Balaban J connectivity index is 1.77. The molecule has 0 atom stereocenters. The van der Waals surface area contributed by atoms with Gasteiger partial charge in [0.25, 0.3) is 0 Å². The third-order valence-corrected chi connectivity index (χ3v) is 2.72. The second kappa shape index (κ2) is 5.60. The molecule has 2 aromatic heterocycles. The van der Waals surface area contributed by atoms with Crippen LogP contribution in [0.25, 0.3) is 0 Å². The highest BCUT2D eigenvalue weighted by Gasteiger charge is 2.07. The average Bonchev–Trinajstić information content (AvgIpc) is 2.86. The van der Waals surface area contributed by atoms with Gasteiger partial charge in [-0.1, -0.05) is 0 Å². The van der Waals surface area contributed by atoms with Gasteiger partial charge < -0.3 is 15.5 Å². The van der Waals surface area contributed by atoms with Gasteiger partial charge in [0.15, 0.2) is 0 Å². The van der Waals surface area contributed by atoms with Gasteiger partial charge in [0.2, 0.25) is 5.91 Å². The lowest BCUT2D eigenvalue weighted by molar-refractivity contribution is -0.121. The van der Waals surface area contributed by atoms with E-state index in [4.69, 9.17) is 10.2 Å². The predicted octanol–water partition coefficient (Wildman–Crippen LogP) is 1.03. The number of aryl methyl sites for hydroxylation is 2. The minimum absolute atomic E-state index is 0.113. The molecular formula is C13H18N4O2. The number of nitrogens with one attached hydrogen (secondary N) is 1. The quantitative estimate of drug-likeness (QED) is 0.842. The van der Waals surface area contributed by atoms with E-state index in [9.17, 15) is 4.79 Å². The van der Waals surface area contributed by atoms with Crippen LogP contribution in [0.2, 0.25) is 0 Å². The van der Waals surface area contributed by atoms with Crippen LogP contribution >= 0.6 is 0 Å². The number of furan rings is 1. The second-order valence-electron chi connectivity index (χ2n) is 4.48. The Morgan fingerprint density at radius 3 is 2.84 bits per heavy atom. The summed E-state index contributed by atoms with van der Waals surface area (Å²) in [7, 11) is 0. The maximum Gasteiger partial charge on any atom is 0.241 e. The van der Waals surface area contributed by atoms with E-state index < -0.39 is 0 Å². The zero-order chi connectivity index (χ0) is 13.8. The van der Waals surface area contributed by atoms with Crippen LogP contribution in [0.5, 0.6) is 0 Å². The molecule has 0 unspecified atom stereocenters. The van der Waals surface area contributed by atoms with Crippen molar-refractivity contribution in [1.82, 2.24) is 15.1 Å². The fourth-order valence-electron chi connectivity index (χ4n) is 1.83. The minimum Gasteiger partial charge on any atom is -0.466 e. The molecule has 3 N–H and O–H groups in total. The molecule has 2 rings (SSSR count). The lowest BCUT2D eigenvalue weighted by Crippen LogP contribution is -2.30. The van der Waals surface area contributed by atoms with Gasteiger partial charge in [-0.05, 0) is 26.0 Å². The summed E-state index contributed by atoms with van der Waals surface area (Å²) < 4.78 is 6.90. The number of nitrogens with two attached hydrogens (primary N) is 1. The van der Waals surface area contributed by atoms with Gasteiger partial charge in [0, 0.05) is 19.0 Å². The monoisotopic (exact) mass is 262 g/mol. The summed E-state index contributed by atoms with van der Waals surface area (Å²) in [5.41, 5.74) is 6.52. The molecule has 0 fully saturated rings. The molecule has 2 aromatic rings. The molecule has 0 aliphatic heterocycles. The number of rotatable bonds is 5. The Labute approximate surface area is 111 Å². The molecule has 0 bridgehead atoms. The van der Waals surface area contributed by atoms with E-state index in [-0.39, 0.29) is 12.5 Å². The first-order valence-electron chi connectivity index (χ1n) is 6.16. The van der Waals surface area contributed by atoms with Crippen molar-refractivity contribution in [2.24, 2.45) is 0 Å². The molecule has 0 aliphatic rings. The Morgan fingerprint density at radius 2 is 2.26 bits per heavy atom. The maximum atomic E-state index is 11.7. The van der Waals surface area contributed by atoms with E-state index in [1.54, 1.807) is 6.07 Å². The number of anilines is 1. The van der Waals surface area contributed by atoms with Gasteiger partial charge in [0.1, 0.15) is 23.9 Å². The third kappa shape index (κ3) is 3.61. The molecule has 0 saturated heterocycles. The smallest absolute Gasteiger partial charge is 0.241 e. The Morgan fingerprint density at radius 1 is 1.47 bits per heavy atom. The molecule has 0 saturated carbocycles. The van der Waals surface area contributed by atoms with Crippen molar-refractivity contribution >= 4 is 11.7 Å². The van der Waals surface area contributed by atoms with Gasteiger partial charge in [-0.25, -0.2) is 4.68 Å². The van der Waals surface area contributed by atoms with Crippen LogP contribution in [0.3, 0.4) is 0 Å². The molecule has 0 aliphatic carbocycles. The molecule has 1 amide bonds. The Bertz CT molecular complexity index is 571. The van der Waals surface area contributed by atoms with Crippen molar-refractivity contribution in [3.05, 3.63) is 35.4 Å². The highest BCUT2D eigenvalue weighted by molar-refractivity contribution is 5.76. The number of carbonyl (C=O) groups excluding carboxylic acids is 1. The second-order valence-corrected chi connectivity index (χ2v) is 4.48. The first kappa shape index (κ1) is 13.2. The van der Waals surface area contributed by atoms with Crippen molar-refractivity contribution < 1.29 is 9.21 Å². The van der Waals surface area contributed by atoms with Crippen LogP contribution in [-0.4, -0.2) is 22.2 Å². The normalized spacial score (nSPS) is 10.6. The summed E-state index contributed by atoms with van der Waals surface area (Å²) in [5, 5.41) is 6.94. The van der Waals surface area contributed by atoms with Gasteiger partial charge >= 0.3 is 0 Å². The van der Waals surface area contributed by atoms with E-state index in [0.29, 0.717) is 18.8 Å². The summed E-state index contributed by atoms with van der Waals surface area (Å²) in [6.45, 7) is 4.40. The highest BCUT2D eigenvalue weighted by atomic mass is 16.3. The fraction of sp³-hybridized carbons (Fsp3) is 0.385. The van der Waals surface area contributed by atoms with E-state index in [1.165, 1.54) is 4.68 Å². The highest BCUT2D eigenvalue weighted by Crippen LogP contribution is 2.06. The predicted molar refractivity (Wildman–Crippen MR) is 71.5 cm³/mol. The van der Waals surface area contributed by atoms with Gasteiger partial charge in [-0.15, -0.1) is 0 Å². The molecular weight excluding hydrogens is 244 g/mol. The number of nitrogens with zero attached hydrogens (tertiary/aromatic N) is 2. The zero-order valence-corrected chi connectivity index (χ0v) is 11.1. The molecule has 6 heteroatoms. The van der Waals surface area contributed by atoms with Crippen LogP contribution < -0.4 is 11.1 Å². The number of hydrogen-bond donors (Lipinski definition) is 2. The standard InChI is InChI=1S/C13H18N4O2/c1-9-7-12(14)17(16-9)8-13(18)15-6-5-11-4-3-10(2)19-11/h3-4,7H,5-6,8,14H2,1-2H3,(H,15,18). The van der Waals surface area contributed by atoms with E-state index in [0.717, 1.165) is 17.2 Å². The lowest BCUT2D eigenvalue weighted by atomic mass is 10.3. The Kier molecular flexibility index (Phi) is 3.89.